The number of methoxy groups -OCH3 is 1. The van der Waals surface area contributed by atoms with Crippen LogP contribution >= 0.6 is 0 Å². The van der Waals surface area contributed by atoms with Gasteiger partial charge in [-0.1, -0.05) is 55.7 Å². The van der Waals surface area contributed by atoms with Crippen molar-refractivity contribution in [1.82, 2.24) is 10.6 Å². The molecule has 0 aromatic heterocycles. The van der Waals surface area contributed by atoms with Gasteiger partial charge in [0.15, 0.2) is 0 Å². The smallest absolute Gasteiger partial charge is 0.408 e. The first-order valence-corrected chi connectivity index (χ1v) is 10.5. The maximum atomic E-state index is 12.6. The van der Waals surface area contributed by atoms with Gasteiger partial charge in [-0.25, -0.2) is 9.59 Å². The molecule has 8 heteroatoms. The quantitative estimate of drug-likeness (QED) is 0.236. The molecule has 3 N–H and O–H groups in total. The molecule has 0 heterocycles. The highest BCUT2D eigenvalue weighted by Gasteiger charge is 2.30. The molecule has 0 aliphatic heterocycles. The van der Waals surface area contributed by atoms with Crippen molar-refractivity contribution in [3.63, 3.8) is 0 Å². The van der Waals surface area contributed by atoms with Crippen LogP contribution in [0.15, 0.2) is 43.0 Å². The number of aliphatic hydroxyl groups excluding tert-OH is 1. The Bertz CT molecular complexity index is 693. The van der Waals surface area contributed by atoms with Gasteiger partial charge >= 0.3 is 12.1 Å². The third-order valence-electron chi connectivity index (χ3n) is 4.70. The van der Waals surface area contributed by atoms with E-state index in [1.165, 1.54) is 14.0 Å². The van der Waals surface area contributed by atoms with E-state index in [0.717, 1.165) is 37.7 Å². The van der Waals surface area contributed by atoms with Crippen LogP contribution in [0.2, 0.25) is 0 Å². The lowest BCUT2D eigenvalue weighted by Gasteiger charge is -2.23. The predicted octanol–water partition coefficient (Wildman–Crippen LogP) is 2.85. The number of carbonyl (C=O) groups is 3. The summed E-state index contributed by atoms with van der Waals surface area (Å²) < 4.78 is 9.88. The summed E-state index contributed by atoms with van der Waals surface area (Å²) in [6, 6.07) is 6.93. The molecule has 2 amide bonds. The van der Waals surface area contributed by atoms with Gasteiger partial charge in [0.2, 0.25) is 5.91 Å². The fourth-order valence-electron chi connectivity index (χ4n) is 2.94. The summed E-state index contributed by atoms with van der Waals surface area (Å²) in [5.74, 6) is -1.26. The number of nitrogens with one attached hydrogen (secondary N) is 2. The van der Waals surface area contributed by atoms with E-state index in [1.807, 2.05) is 24.3 Å². The number of carbonyl (C=O) groups excluding carboxylic acids is 3. The highest BCUT2D eigenvalue weighted by molar-refractivity contribution is 5.90. The van der Waals surface area contributed by atoms with Crippen LogP contribution in [-0.2, 0) is 25.7 Å². The minimum atomic E-state index is -1.27. The Hall–Kier alpha value is -2.87. The summed E-state index contributed by atoms with van der Waals surface area (Å²) in [6.07, 6.45) is 4.83. The van der Waals surface area contributed by atoms with Crippen molar-refractivity contribution in [2.24, 2.45) is 0 Å². The van der Waals surface area contributed by atoms with Gasteiger partial charge in [-0.2, -0.15) is 0 Å². The standard InChI is InChI=1S/C23H34N2O6/c1-4-5-6-7-8-12-15-19(22(28)30-3)24-21(27)20(17(2)26)25-23(29)31-16-18-13-10-9-11-14-18/h4,9-11,13-14,17,19-20,26H,1,5-8,12,15-16H2,2-3H3,(H,24,27)(H,25,29)/t17-,19-,20+/m1/s1. The van der Waals surface area contributed by atoms with Crippen molar-refractivity contribution in [2.45, 2.75) is 70.2 Å². The number of hydrogen-bond donors (Lipinski definition) is 3. The number of hydrogen-bond acceptors (Lipinski definition) is 6. The van der Waals surface area contributed by atoms with Crippen molar-refractivity contribution < 1.29 is 29.0 Å². The van der Waals surface area contributed by atoms with Gasteiger partial charge in [-0.15, -0.1) is 6.58 Å². The highest BCUT2D eigenvalue weighted by atomic mass is 16.5. The molecule has 3 atom stereocenters. The number of aliphatic hydroxyl groups is 1. The Morgan fingerprint density at radius 1 is 1.10 bits per heavy atom. The first kappa shape index (κ1) is 26.2. The number of unbranched alkanes of at least 4 members (excludes halogenated alkanes) is 4. The van der Waals surface area contributed by atoms with Crippen LogP contribution in [0.3, 0.4) is 0 Å². The van der Waals surface area contributed by atoms with E-state index >= 15 is 0 Å². The van der Waals surface area contributed by atoms with Crippen LogP contribution < -0.4 is 10.6 Å². The number of amides is 2. The minimum absolute atomic E-state index is 0.0253. The summed E-state index contributed by atoms with van der Waals surface area (Å²) in [5, 5.41) is 14.9. The molecule has 0 aliphatic carbocycles. The fraction of sp³-hybridized carbons (Fsp3) is 0.522. The summed E-state index contributed by atoms with van der Waals surface area (Å²) in [7, 11) is 1.25. The number of allylic oxidation sites excluding steroid dienone is 1. The maximum Gasteiger partial charge on any atom is 0.408 e. The van der Waals surface area contributed by atoms with Crippen LogP contribution in [0.5, 0.6) is 0 Å². The fourth-order valence-corrected chi connectivity index (χ4v) is 2.94. The Morgan fingerprint density at radius 2 is 1.77 bits per heavy atom. The molecule has 8 nitrogen and oxygen atoms in total. The zero-order chi connectivity index (χ0) is 23.1. The summed E-state index contributed by atoms with van der Waals surface area (Å²) >= 11 is 0. The van der Waals surface area contributed by atoms with Crippen LogP contribution in [0.25, 0.3) is 0 Å². The predicted molar refractivity (Wildman–Crippen MR) is 117 cm³/mol. The Kier molecular flexibility index (Phi) is 12.7. The van der Waals surface area contributed by atoms with Gasteiger partial charge in [0.1, 0.15) is 18.7 Å². The monoisotopic (exact) mass is 434 g/mol. The number of ether oxygens (including phenoxy) is 2. The molecule has 0 radical (unpaired) electrons. The van der Waals surface area contributed by atoms with E-state index in [1.54, 1.807) is 12.1 Å². The molecule has 0 saturated heterocycles. The molecule has 0 aliphatic rings. The van der Waals surface area contributed by atoms with Crippen LogP contribution in [0.4, 0.5) is 4.79 Å². The number of rotatable bonds is 14. The molecule has 1 rings (SSSR count). The third kappa shape index (κ3) is 10.6. The van der Waals surface area contributed by atoms with Crippen molar-refractivity contribution in [1.29, 1.82) is 0 Å². The molecule has 1 aromatic carbocycles. The largest absolute Gasteiger partial charge is 0.467 e. The highest BCUT2D eigenvalue weighted by Crippen LogP contribution is 2.10. The van der Waals surface area contributed by atoms with E-state index < -0.39 is 36.2 Å². The lowest BCUT2D eigenvalue weighted by atomic mass is 10.0. The minimum Gasteiger partial charge on any atom is -0.467 e. The lowest BCUT2D eigenvalue weighted by Crippen LogP contribution is -2.55. The first-order valence-electron chi connectivity index (χ1n) is 10.5. The molecule has 0 unspecified atom stereocenters. The number of esters is 1. The normalized spacial score (nSPS) is 13.4. The van der Waals surface area contributed by atoms with Crippen LogP contribution in [-0.4, -0.2) is 48.4 Å². The second-order valence-corrected chi connectivity index (χ2v) is 7.29. The van der Waals surface area contributed by atoms with E-state index in [0.29, 0.717) is 6.42 Å². The molecule has 0 fully saturated rings. The molecule has 31 heavy (non-hydrogen) atoms. The lowest BCUT2D eigenvalue weighted by molar-refractivity contribution is -0.145. The van der Waals surface area contributed by atoms with Gasteiger partial charge in [0.25, 0.3) is 0 Å². The topological polar surface area (TPSA) is 114 Å². The maximum absolute atomic E-state index is 12.6. The molecule has 0 spiro atoms. The van der Waals surface area contributed by atoms with Crippen LogP contribution in [0.1, 0.15) is 51.0 Å². The summed E-state index contributed by atoms with van der Waals surface area (Å²) in [5.41, 5.74) is 0.787. The summed E-state index contributed by atoms with van der Waals surface area (Å²) in [4.78, 5) is 36.8. The van der Waals surface area contributed by atoms with Gasteiger partial charge < -0.3 is 25.2 Å². The Morgan fingerprint density at radius 3 is 2.39 bits per heavy atom. The van der Waals surface area contributed by atoms with E-state index in [4.69, 9.17) is 9.47 Å². The van der Waals surface area contributed by atoms with E-state index in [2.05, 4.69) is 17.2 Å². The number of alkyl carbamates (subject to hydrolysis) is 1. The van der Waals surface area contributed by atoms with Gasteiger partial charge in [-0.05, 0) is 31.7 Å². The Balaban J connectivity index is 2.59. The molecule has 0 bridgehead atoms. The molecule has 1 aromatic rings. The van der Waals surface area contributed by atoms with Crippen molar-refractivity contribution in [3.8, 4) is 0 Å². The second kappa shape index (κ2) is 15.0. The van der Waals surface area contributed by atoms with Gasteiger partial charge in [0, 0.05) is 0 Å². The third-order valence-corrected chi connectivity index (χ3v) is 4.70. The van der Waals surface area contributed by atoms with E-state index in [9.17, 15) is 19.5 Å². The first-order chi connectivity index (χ1) is 14.9. The van der Waals surface area contributed by atoms with Crippen molar-refractivity contribution in [3.05, 3.63) is 48.6 Å². The van der Waals surface area contributed by atoms with Gasteiger partial charge in [0.05, 0.1) is 13.2 Å². The molecule has 0 saturated carbocycles. The van der Waals surface area contributed by atoms with E-state index in [-0.39, 0.29) is 6.61 Å². The second-order valence-electron chi connectivity index (χ2n) is 7.29. The Labute approximate surface area is 184 Å². The van der Waals surface area contributed by atoms with Gasteiger partial charge in [-0.3, -0.25) is 4.79 Å². The molecule has 172 valence electrons. The van der Waals surface area contributed by atoms with Crippen molar-refractivity contribution >= 4 is 18.0 Å². The average molecular weight is 435 g/mol. The molecular formula is C23H34N2O6. The van der Waals surface area contributed by atoms with Crippen LogP contribution in [0, 0.1) is 0 Å². The zero-order valence-corrected chi connectivity index (χ0v) is 18.3. The van der Waals surface area contributed by atoms with Crippen molar-refractivity contribution in [2.75, 3.05) is 7.11 Å². The summed E-state index contributed by atoms with van der Waals surface area (Å²) in [6.45, 7) is 5.08. The SMILES string of the molecule is C=CCCCCCC[C@@H](NC(=O)[C@@H](NC(=O)OCc1ccccc1)[C@@H](C)O)C(=O)OC. The average Bonchev–Trinajstić information content (AvgIpc) is 2.77. The zero-order valence-electron chi connectivity index (χ0n) is 18.3. The molecular weight excluding hydrogens is 400 g/mol. The number of benzene rings is 1.